The summed E-state index contributed by atoms with van der Waals surface area (Å²) in [5.41, 5.74) is 4.44. The summed E-state index contributed by atoms with van der Waals surface area (Å²) < 4.78 is 16.3. The van der Waals surface area contributed by atoms with Crippen molar-refractivity contribution < 1.29 is 14.0 Å². The number of hydrogen-bond acceptors (Lipinski definition) is 4. The Hall–Kier alpha value is -2.87. The van der Waals surface area contributed by atoms with Crippen LogP contribution in [0.3, 0.4) is 0 Å². The highest BCUT2D eigenvalue weighted by Gasteiger charge is 2.20. The Kier molecular flexibility index (Phi) is 4.22. The molecular formula is C16H14BFN4O2. The molecule has 8 heteroatoms. The Morgan fingerprint density at radius 2 is 2.21 bits per heavy atom. The van der Waals surface area contributed by atoms with Gasteiger partial charge in [0.25, 0.3) is 5.91 Å². The Bertz CT molecular complexity index is 926. The maximum Gasteiger partial charge on any atom is 0.278 e. The van der Waals surface area contributed by atoms with Crippen molar-refractivity contribution in [1.82, 2.24) is 14.9 Å². The zero-order chi connectivity index (χ0) is 17.3. The number of rotatable bonds is 4. The summed E-state index contributed by atoms with van der Waals surface area (Å²) in [4.78, 5) is 20.8. The fourth-order valence-corrected chi connectivity index (χ4v) is 2.42. The molecule has 1 amide bonds. The van der Waals surface area contributed by atoms with Crippen LogP contribution in [-0.4, -0.2) is 30.2 Å². The van der Waals surface area contributed by atoms with Crippen molar-refractivity contribution in [1.29, 1.82) is 0 Å². The van der Waals surface area contributed by atoms with Crippen molar-refractivity contribution in [3.8, 4) is 0 Å². The van der Waals surface area contributed by atoms with E-state index < -0.39 is 11.7 Å². The number of benzene rings is 1. The van der Waals surface area contributed by atoms with Gasteiger partial charge in [0.2, 0.25) is 0 Å². The first kappa shape index (κ1) is 16.0. The van der Waals surface area contributed by atoms with E-state index in [-0.39, 0.29) is 16.9 Å². The molecule has 3 rings (SSSR count). The fraction of sp³-hybridized carbons (Fsp3) is 0.125. The maximum absolute atomic E-state index is 14.9. The van der Waals surface area contributed by atoms with Gasteiger partial charge in [-0.25, -0.2) is 14.9 Å². The molecule has 0 atom stereocenters. The van der Waals surface area contributed by atoms with E-state index in [4.69, 9.17) is 7.85 Å². The van der Waals surface area contributed by atoms with E-state index in [1.165, 1.54) is 23.9 Å². The molecule has 2 radical (unpaired) electrons. The summed E-state index contributed by atoms with van der Waals surface area (Å²) >= 11 is 0. The Morgan fingerprint density at radius 1 is 1.42 bits per heavy atom. The number of imidazole rings is 1. The maximum atomic E-state index is 14.9. The second-order valence-corrected chi connectivity index (χ2v) is 5.22. The van der Waals surface area contributed by atoms with Crippen LogP contribution in [0.25, 0.3) is 5.65 Å². The topological polar surface area (TPSA) is 67.7 Å². The van der Waals surface area contributed by atoms with Crippen molar-refractivity contribution in [2.24, 2.45) is 0 Å². The number of nitrogens with one attached hydrogen (secondary N) is 2. The first-order chi connectivity index (χ1) is 11.5. The number of pyridine rings is 1. The molecule has 0 aliphatic rings. The van der Waals surface area contributed by atoms with E-state index in [2.05, 4.69) is 20.6 Å². The van der Waals surface area contributed by atoms with E-state index in [1.807, 2.05) is 6.92 Å². The second-order valence-electron chi connectivity index (χ2n) is 5.22. The predicted octanol–water partition coefficient (Wildman–Crippen LogP) is 1.61. The van der Waals surface area contributed by atoms with Crippen LogP contribution in [0, 0.1) is 12.7 Å². The highest BCUT2D eigenvalue weighted by Crippen LogP contribution is 2.28. The van der Waals surface area contributed by atoms with Gasteiger partial charge in [0.1, 0.15) is 7.85 Å². The third-order valence-electron chi connectivity index (χ3n) is 3.57. The number of hydrogen-bond donors (Lipinski definition) is 2. The molecule has 0 bridgehead atoms. The molecule has 0 spiro atoms. The SMILES string of the molecule is [B]c1ccc(Nc2c(C(=O)NOC)cn3ccnc3c2F)c(C)c1. The van der Waals surface area contributed by atoms with E-state index in [9.17, 15) is 9.18 Å². The molecule has 24 heavy (non-hydrogen) atoms. The van der Waals surface area contributed by atoms with Crippen LogP contribution in [0.4, 0.5) is 15.8 Å². The second kappa shape index (κ2) is 6.33. The molecular weight excluding hydrogens is 310 g/mol. The number of nitrogens with zero attached hydrogens (tertiary/aromatic N) is 2. The molecule has 6 nitrogen and oxygen atoms in total. The Balaban J connectivity index is 2.15. The van der Waals surface area contributed by atoms with Crippen molar-refractivity contribution in [2.45, 2.75) is 6.92 Å². The molecule has 0 aliphatic carbocycles. The molecule has 0 fully saturated rings. The summed E-state index contributed by atoms with van der Waals surface area (Å²) in [5.74, 6) is -1.22. The van der Waals surface area contributed by atoms with Crippen molar-refractivity contribution in [2.75, 3.05) is 12.4 Å². The van der Waals surface area contributed by atoms with Gasteiger partial charge in [-0.1, -0.05) is 17.6 Å². The molecule has 3 aromatic rings. The van der Waals surface area contributed by atoms with Crippen LogP contribution in [-0.2, 0) is 4.84 Å². The molecule has 120 valence electrons. The average molecular weight is 324 g/mol. The minimum absolute atomic E-state index is 0.0103. The summed E-state index contributed by atoms with van der Waals surface area (Å²) in [6.07, 6.45) is 4.49. The number of anilines is 2. The first-order valence-corrected chi connectivity index (χ1v) is 7.13. The van der Waals surface area contributed by atoms with Crippen LogP contribution in [0.1, 0.15) is 15.9 Å². The van der Waals surface area contributed by atoms with Crippen LogP contribution in [0.2, 0.25) is 0 Å². The predicted molar refractivity (Wildman–Crippen MR) is 89.5 cm³/mol. The molecule has 0 saturated carbocycles. The van der Waals surface area contributed by atoms with Gasteiger partial charge < -0.3 is 9.72 Å². The number of aromatic nitrogens is 2. The molecule has 0 saturated heterocycles. The van der Waals surface area contributed by atoms with E-state index in [1.54, 1.807) is 24.4 Å². The lowest BCUT2D eigenvalue weighted by Gasteiger charge is -2.15. The van der Waals surface area contributed by atoms with Crippen LogP contribution in [0.15, 0.2) is 36.8 Å². The van der Waals surface area contributed by atoms with Crippen molar-refractivity contribution in [3.63, 3.8) is 0 Å². The number of aryl methyl sites for hydroxylation is 1. The van der Waals surface area contributed by atoms with Gasteiger partial charge in [-0.2, -0.15) is 0 Å². The third kappa shape index (κ3) is 2.83. The zero-order valence-electron chi connectivity index (χ0n) is 13.1. The third-order valence-corrected chi connectivity index (χ3v) is 3.57. The number of fused-ring (bicyclic) bond motifs is 1. The van der Waals surface area contributed by atoms with E-state index in [0.717, 1.165) is 5.56 Å². The fourth-order valence-electron chi connectivity index (χ4n) is 2.42. The summed E-state index contributed by atoms with van der Waals surface area (Å²) in [7, 11) is 7.04. The zero-order valence-corrected chi connectivity index (χ0v) is 13.1. The summed E-state index contributed by atoms with van der Waals surface area (Å²) in [6, 6.07) is 5.16. The number of carbonyl (C=O) groups is 1. The minimum atomic E-state index is -0.639. The van der Waals surface area contributed by atoms with Gasteiger partial charge in [0, 0.05) is 24.3 Å². The number of carbonyl (C=O) groups excluding carboxylic acids is 1. The number of amides is 1. The van der Waals surface area contributed by atoms with E-state index in [0.29, 0.717) is 11.2 Å². The molecule has 2 aromatic heterocycles. The van der Waals surface area contributed by atoms with Crippen molar-refractivity contribution >= 4 is 36.2 Å². The molecule has 2 N–H and O–H groups in total. The van der Waals surface area contributed by atoms with Gasteiger partial charge in [-0.05, 0) is 18.6 Å². The Labute approximate surface area is 139 Å². The van der Waals surface area contributed by atoms with Crippen LogP contribution >= 0.6 is 0 Å². The summed E-state index contributed by atoms with van der Waals surface area (Å²) in [6.45, 7) is 1.83. The molecule has 0 aliphatic heterocycles. The lowest BCUT2D eigenvalue weighted by atomic mass is 9.94. The van der Waals surface area contributed by atoms with E-state index >= 15 is 0 Å². The highest BCUT2D eigenvalue weighted by molar-refractivity contribution is 6.32. The average Bonchev–Trinajstić information content (AvgIpc) is 3.01. The van der Waals surface area contributed by atoms with Crippen molar-refractivity contribution in [3.05, 3.63) is 53.7 Å². The van der Waals surface area contributed by atoms with Gasteiger partial charge >= 0.3 is 0 Å². The lowest BCUT2D eigenvalue weighted by Crippen LogP contribution is -2.24. The van der Waals surface area contributed by atoms with Gasteiger partial charge in [0.05, 0.1) is 18.4 Å². The lowest BCUT2D eigenvalue weighted by molar-refractivity contribution is 0.0538. The first-order valence-electron chi connectivity index (χ1n) is 7.13. The summed E-state index contributed by atoms with van der Waals surface area (Å²) in [5, 5.41) is 2.96. The minimum Gasteiger partial charge on any atom is -0.352 e. The van der Waals surface area contributed by atoms with Gasteiger partial charge in [-0.15, -0.1) is 0 Å². The monoisotopic (exact) mass is 324 g/mol. The highest BCUT2D eigenvalue weighted by atomic mass is 19.1. The largest absolute Gasteiger partial charge is 0.352 e. The molecule has 2 heterocycles. The number of hydroxylamine groups is 1. The smallest absolute Gasteiger partial charge is 0.278 e. The van der Waals surface area contributed by atoms with Crippen LogP contribution in [0.5, 0.6) is 0 Å². The molecule has 1 aromatic carbocycles. The normalized spacial score (nSPS) is 10.8. The van der Waals surface area contributed by atoms with Gasteiger partial charge in [0.15, 0.2) is 11.5 Å². The quantitative estimate of drug-likeness (QED) is 0.565. The molecule has 0 unspecified atom stereocenters. The number of halogens is 1. The van der Waals surface area contributed by atoms with Crippen LogP contribution < -0.4 is 16.3 Å². The van der Waals surface area contributed by atoms with Gasteiger partial charge in [-0.3, -0.25) is 9.63 Å². The Morgan fingerprint density at radius 3 is 2.92 bits per heavy atom. The standard InChI is InChI=1S/C16H14BFN4O2/c1-9-7-10(17)3-4-12(9)20-14-11(16(23)21-24-2)8-22-6-5-19-15(22)13(14)18/h3-8,20H,1-2H3,(H,21,23).